The number of aryl methyl sites for hydroxylation is 1. The summed E-state index contributed by atoms with van der Waals surface area (Å²) in [7, 11) is 0. The Hall–Kier alpha value is -2.14. The molecule has 0 saturated heterocycles. The molecule has 2 aromatic heterocycles. The van der Waals surface area contributed by atoms with Crippen molar-refractivity contribution >= 4 is 11.6 Å². The number of aromatic nitrogens is 4. The molecule has 0 bridgehead atoms. The molecular formula is C14H13ClN4O. The van der Waals surface area contributed by atoms with E-state index in [2.05, 4.69) is 15.2 Å². The number of halogens is 1. The average Bonchev–Trinajstić information content (AvgIpc) is 3.10. The minimum atomic E-state index is 0.494. The van der Waals surface area contributed by atoms with E-state index in [4.69, 9.17) is 16.1 Å². The van der Waals surface area contributed by atoms with Crippen LogP contribution in [0.15, 0.2) is 41.2 Å². The van der Waals surface area contributed by atoms with Crippen LogP contribution < -0.4 is 0 Å². The summed E-state index contributed by atoms with van der Waals surface area (Å²) in [6.45, 7) is 2.84. The molecule has 2 heterocycles. The smallest absolute Gasteiger partial charge is 0.261 e. The molecule has 0 spiro atoms. The average molecular weight is 289 g/mol. The molecule has 0 unspecified atom stereocenters. The Morgan fingerprint density at radius 2 is 2.05 bits per heavy atom. The standard InChI is InChI=1S/C14H13ClN4O/c1-2-19-9-11(8-16-19)14-17-13(18-20-14)7-10-3-5-12(15)6-4-10/h3-6,8-9H,2,7H2,1H3. The van der Waals surface area contributed by atoms with Gasteiger partial charge in [-0.05, 0) is 24.6 Å². The van der Waals surface area contributed by atoms with Gasteiger partial charge in [-0.2, -0.15) is 10.1 Å². The Morgan fingerprint density at radius 3 is 2.75 bits per heavy atom. The van der Waals surface area contributed by atoms with Gasteiger partial charge in [0.1, 0.15) is 0 Å². The number of hydrogen-bond donors (Lipinski definition) is 0. The van der Waals surface area contributed by atoms with Gasteiger partial charge in [0.2, 0.25) is 0 Å². The van der Waals surface area contributed by atoms with Crippen molar-refractivity contribution in [3.8, 4) is 11.5 Å². The Kier molecular flexibility index (Phi) is 3.52. The third kappa shape index (κ3) is 2.72. The van der Waals surface area contributed by atoms with Crippen molar-refractivity contribution in [2.75, 3.05) is 0 Å². The van der Waals surface area contributed by atoms with E-state index in [-0.39, 0.29) is 0 Å². The highest BCUT2D eigenvalue weighted by molar-refractivity contribution is 6.30. The molecule has 1 aromatic carbocycles. The summed E-state index contributed by atoms with van der Waals surface area (Å²) >= 11 is 5.86. The second kappa shape index (κ2) is 5.46. The zero-order valence-corrected chi connectivity index (χ0v) is 11.7. The molecule has 3 aromatic rings. The molecule has 0 aliphatic heterocycles. The van der Waals surface area contributed by atoms with Crippen LogP contribution in [0.2, 0.25) is 5.02 Å². The monoisotopic (exact) mass is 288 g/mol. The molecule has 0 amide bonds. The van der Waals surface area contributed by atoms with E-state index in [0.29, 0.717) is 18.1 Å². The number of nitrogens with zero attached hydrogens (tertiary/aromatic N) is 4. The Bertz CT molecular complexity index is 702. The number of hydrogen-bond acceptors (Lipinski definition) is 4. The van der Waals surface area contributed by atoms with E-state index >= 15 is 0 Å². The van der Waals surface area contributed by atoms with Gasteiger partial charge in [-0.15, -0.1) is 0 Å². The van der Waals surface area contributed by atoms with Gasteiger partial charge in [-0.3, -0.25) is 4.68 Å². The molecule has 0 aliphatic rings. The Morgan fingerprint density at radius 1 is 1.25 bits per heavy atom. The number of rotatable bonds is 4. The first-order chi connectivity index (χ1) is 9.74. The maximum atomic E-state index is 5.86. The molecule has 0 N–H and O–H groups in total. The molecule has 0 aliphatic carbocycles. The number of benzene rings is 1. The highest BCUT2D eigenvalue weighted by Crippen LogP contribution is 2.18. The second-order valence-electron chi connectivity index (χ2n) is 4.40. The summed E-state index contributed by atoms with van der Waals surface area (Å²) in [5.41, 5.74) is 1.92. The third-order valence-electron chi connectivity index (χ3n) is 2.95. The van der Waals surface area contributed by atoms with Crippen LogP contribution in [0.3, 0.4) is 0 Å². The molecule has 0 radical (unpaired) electrons. The summed E-state index contributed by atoms with van der Waals surface area (Å²) in [6.07, 6.45) is 4.23. The highest BCUT2D eigenvalue weighted by atomic mass is 35.5. The highest BCUT2D eigenvalue weighted by Gasteiger charge is 2.11. The van der Waals surface area contributed by atoms with Gasteiger partial charge in [0.25, 0.3) is 5.89 Å². The van der Waals surface area contributed by atoms with Crippen molar-refractivity contribution in [2.45, 2.75) is 19.9 Å². The van der Waals surface area contributed by atoms with Crippen molar-refractivity contribution in [3.63, 3.8) is 0 Å². The zero-order valence-electron chi connectivity index (χ0n) is 11.0. The summed E-state index contributed by atoms with van der Waals surface area (Å²) in [6, 6.07) is 7.60. The Balaban J connectivity index is 1.78. The minimum Gasteiger partial charge on any atom is -0.334 e. The van der Waals surface area contributed by atoms with Gasteiger partial charge >= 0.3 is 0 Å². The summed E-state index contributed by atoms with van der Waals surface area (Å²) in [4.78, 5) is 4.38. The van der Waals surface area contributed by atoms with Gasteiger partial charge in [0.15, 0.2) is 5.82 Å². The van der Waals surface area contributed by atoms with Gasteiger partial charge in [0.05, 0.1) is 11.8 Å². The molecule has 0 fully saturated rings. The van der Waals surface area contributed by atoms with Crippen LogP contribution >= 0.6 is 11.6 Å². The Labute approximate surface area is 121 Å². The lowest BCUT2D eigenvalue weighted by Gasteiger charge is -1.96. The van der Waals surface area contributed by atoms with E-state index < -0.39 is 0 Å². The molecule has 0 saturated carbocycles. The van der Waals surface area contributed by atoms with Gasteiger partial charge in [-0.25, -0.2) is 0 Å². The summed E-state index contributed by atoms with van der Waals surface area (Å²) in [5, 5.41) is 8.89. The quantitative estimate of drug-likeness (QED) is 0.740. The normalized spacial score (nSPS) is 10.9. The fourth-order valence-electron chi connectivity index (χ4n) is 1.87. The summed E-state index contributed by atoms with van der Waals surface area (Å²) in [5.74, 6) is 1.14. The molecule has 0 atom stereocenters. The van der Waals surface area contributed by atoms with E-state index in [1.54, 1.807) is 6.20 Å². The minimum absolute atomic E-state index is 0.494. The van der Waals surface area contributed by atoms with Gasteiger partial charge in [-0.1, -0.05) is 28.9 Å². The predicted molar refractivity (Wildman–Crippen MR) is 75.5 cm³/mol. The van der Waals surface area contributed by atoms with E-state index in [0.717, 1.165) is 22.7 Å². The SMILES string of the molecule is CCn1cc(-c2nc(Cc3ccc(Cl)cc3)no2)cn1. The maximum Gasteiger partial charge on any atom is 0.261 e. The molecular weight excluding hydrogens is 276 g/mol. The van der Waals surface area contributed by atoms with Crippen LogP contribution in [0.4, 0.5) is 0 Å². The van der Waals surface area contributed by atoms with Gasteiger partial charge in [0, 0.05) is 24.2 Å². The van der Waals surface area contributed by atoms with Crippen molar-refractivity contribution in [1.82, 2.24) is 19.9 Å². The molecule has 20 heavy (non-hydrogen) atoms. The van der Waals surface area contributed by atoms with Crippen molar-refractivity contribution in [1.29, 1.82) is 0 Å². The van der Waals surface area contributed by atoms with E-state index in [9.17, 15) is 0 Å². The van der Waals surface area contributed by atoms with Crippen LogP contribution in [0.25, 0.3) is 11.5 Å². The maximum absolute atomic E-state index is 5.86. The largest absolute Gasteiger partial charge is 0.334 e. The topological polar surface area (TPSA) is 56.7 Å². The lowest BCUT2D eigenvalue weighted by atomic mass is 10.1. The first kappa shape index (κ1) is 12.9. The molecule has 102 valence electrons. The van der Waals surface area contributed by atoms with Crippen LogP contribution in [0.1, 0.15) is 18.3 Å². The first-order valence-corrected chi connectivity index (χ1v) is 6.72. The first-order valence-electron chi connectivity index (χ1n) is 6.34. The van der Waals surface area contributed by atoms with Crippen molar-refractivity contribution < 1.29 is 4.52 Å². The second-order valence-corrected chi connectivity index (χ2v) is 4.84. The fourth-order valence-corrected chi connectivity index (χ4v) is 2.00. The zero-order chi connectivity index (χ0) is 13.9. The lowest BCUT2D eigenvalue weighted by molar-refractivity contribution is 0.424. The van der Waals surface area contributed by atoms with E-state index in [1.807, 2.05) is 42.1 Å². The van der Waals surface area contributed by atoms with E-state index in [1.165, 1.54) is 0 Å². The van der Waals surface area contributed by atoms with Crippen LogP contribution in [0, 0.1) is 0 Å². The molecule has 3 rings (SSSR count). The summed E-state index contributed by atoms with van der Waals surface area (Å²) < 4.78 is 7.08. The lowest BCUT2D eigenvalue weighted by Crippen LogP contribution is -1.92. The van der Waals surface area contributed by atoms with Crippen molar-refractivity contribution in [3.05, 3.63) is 53.1 Å². The van der Waals surface area contributed by atoms with Gasteiger partial charge < -0.3 is 4.52 Å². The predicted octanol–water partition coefficient (Wildman–Crippen LogP) is 3.20. The molecule has 6 heteroatoms. The van der Waals surface area contributed by atoms with Crippen LogP contribution in [0.5, 0.6) is 0 Å². The van der Waals surface area contributed by atoms with Crippen LogP contribution in [-0.2, 0) is 13.0 Å². The fraction of sp³-hybridized carbons (Fsp3) is 0.214. The molecule has 5 nitrogen and oxygen atoms in total. The van der Waals surface area contributed by atoms with Crippen LogP contribution in [-0.4, -0.2) is 19.9 Å². The third-order valence-corrected chi connectivity index (χ3v) is 3.20. The van der Waals surface area contributed by atoms with Crippen molar-refractivity contribution in [2.24, 2.45) is 0 Å².